The largest absolute Gasteiger partial charge is 0.354 e. The third-order valence-electron chi connectivity index (χ3n) is 2.61. The molecule has 0 saturated heterocycles. The van der Waals surface area contributed by atoms with Crippen molar-refractivity contribution in [1.82, 2.24) is 15.6 Å². The zero-order chi connectivity index (χ0) is 13.0. The SMILES string of the molecule is O=C(NCCNC(=O)C1CC1)c1cccc(Br)n1. The fourth-order valence-electron chi connectivity index (χ4n) is 1.48. The molecule has 0 aliphatic heterocycles. The molecule has 1 aromatic rings. The second-order valence-corrected chi connectivity index (χ2v) is 4.98. The molecule has 1 aliphatic rings. The third kappa shape index (κ3) is 3.80. The molecule has 0 aromatic carbocycles. The van der Waals surface area contributed by atoms with Crippen molar-refractivity contribution in [3.05, 3.63) is 28.5 Å². The first-order chi connectivity index (χ1) is 8.66. The molecule has 2 rings (SSSR count). The van der Waals surface area contributed by atoms with Gasteiger partial charge in [0.25, 0.3) is 5.91 Å². The van der Waals surface area contributed by atoms with E-state index in [-0.39, 0.29) is 17.7 Å². The van der Waals surface area contributed by atoms with E-state index in [9.17, 15) is 9.59 Å². The maximum Gasteiger partial charge on any atom is 0.269 e. The summed E-state index contributed by atoms with van der Waals surface area (Å²) in [6, 6.07) is 5.15. The molecule has 1 fully saturated rings. The summed E-state index contributed by atoms with van der Waals surface area (Å²) < 4.78 is 0.622. The van der Waals surface area contributed by atoms with Crippen LogP contribution in [0.1, 0.15) is 23.3 Å². The number of pyridine rings is 1. The van der Waals surface area contributed by atoms with Crippen LogP contribution in [0.25, 0.3) is 0 Å². The summed E-state index contributed by atoms with van der Waals surface area (Å²) in [7, 11) is 0. The van der Waals surface area contributed by atoms with Crippen molar-refractivity contribution in [3.8, 4) is 0 Å². The van der Waals surface area contributed by atoms with Crippen molar-refractivity contribution in [2.45, 2.75) is 12.8 Å². The lowest BCUT2D eigenvalue weighted by Gasteiger charge is -2.06. The first-order valence-corrected chi connectivity index (χ1v) is 6.64. The molecule has 5 nitrogen and oxygen atoms in total. The Balaban J connectivity index is 1.69. The highest BCUT2D eigenvalue weighted by Gasteiger charge is 2.28. The number of halogens is 1. The summed E-state index contributed by atoms with van der Waals surface area (Å²) in [4.78, 5) is 27.0. The van der Waals surface area contributed by atoms with Crippen molar-refractivity contribution in [1.29, 1.82) is 0 Å². The topological polar surface area (TPSA) is 71.1 Å². The van der Waals surface area contributed by atoms with Crippen molar-refractivity contribution >= 4 is 27.7 Å². The number of hydrogen-bond donors (Lipinski definition) is 2. The van der Waals surface area contributed by atoms with Gasteiger partial charge in [-0.1, -0.05) is 6.07 Å². The Morgan fingerprint density at radius 1 is 1.28 bits per heavy atom. The monoisotopic (exact) mass is 311 g/mol. The number of carbonyl (C=O) groups is 2. The molecule has 0 radical (unpaired) electrons. The number of carbonyl (C=O) groups excluding carboxylic acids is 2. The first kappa shape index (κ1) is 13.0. The van der Waals surface area contributed by atoms with Crippen LogP contribution in [-0.2, 0) is 4.79 Å². The fourth-order valence-corrected chi connectivity index (χ4v) is 1.82. The van der Waals surface area contributed by atoms with E-state index in [4.69, 9.17) is 0 Å². The summed E-state index contributed by atoms with van der Waals surface area (Å²) in [5, 5.41) is 5.48. The van der Waals surface area contributed by atoms with Gasteiger partial charge in [-0.15, -0.1) is 0 Å². The lowest BCUT2D eigenvalue weighted by atomic mass is 10.3. The van der Waals surface area contributed by atoms with Crippen molar-refractivity contribution < 1.29 is 9.59 Å². The van der Waals surface area contributed by atoms with Crippen molar-refractivity contribution in [3.63, 3.8) is 0 Å². The van der Waals surface area contributed by atoms with Crippen LogP contribution in [0.3, 0.4) is 0 Å². The van der Waals surface area contributed by atoms with Crippen LogP contribution in [0.4, 0.5) is 0 Å². The fraction of sp³-hybridized carbons (Fsp3) is 0.417. The van der Waals surface area contributed by atoms with Crippen LogP contribution < -0.4 is 10.6 Å². The van der Waals surface area contributed by atoms with E-state index in [1.165, 1.54) is 0 Å². The smallest absolute Gasteiger partial charge is 0.269 e. The van der Waals surface area contributed by atoms with E-state index in [1.807, 2.05) is 0 Å². The van der Waals surface area contributed by atoms with Gasteiger partial charge in [-0.3, -0.25) is 9.59 Å². The number of nitrogens with one attached hydrogen (secondary N) is 2. The van der Waals surface area contributed by atoms with Crippen molar-refractivity contribution in [2.24, 2.45) is 5.92 Å². The van der Waals surface area contributed by atoms with Gasteiger partial charge < -0.3 is 10.6 Å². The summed E-state index contributed by atoms with van der Waals surface area (Å²) in [5.41, 5.74) is 0.359. The molecular weight excluding hydrogens is 298 g/mol. The van der Waals surface area contributed by atoms with Crippen molar-refractivity contribution in [2.75, 3.05) is 13.1 Å². The van der Waals surface area contributed by atoms with E-state index < -0.39 is 0 Å². The Morgan fingerprint density at radius 3 is 2.67 bits per heavy atom. The predicted molar refractivity (Wildman–Crippen MR) is 70.0 cm³/mol. The number of rotatable bonds is 5. The molecular formula is C12H14BrN3O2. The zero-order valence-corrected chi connectivity index (χ0v) is 11.4. The molecule has 0 unspecified atom stereocenters. The summed E-state index contributed by atoms with van der Waals surface area (Å²) in [6.07, 6.45) is 1.97. The van der Waals surface area contributed by atoms with E-state index in [0.717, 1.165) is 12.8 Å². The first-order valence-electron chi connectivity index (χ1n) is 5.85. The van der Waals surface area contributed by atoms with Gasteiger partial charge in [0.2, 0.25) is 5.91 Å². The highest BCUT2D eigenvalue weighted by molar-refractivity contribution is 9.10. The third-order valence-corrected chi connectivity index (χ3v) is 3.05. The maximum absolute atomic E-state index is 11.7. The quantitative estimate of drug-likeness (QED) is 0.632. The van der Waals surface area contributed by atoms with Crippen LogP contribution in [0.5, 0.6) is 0 Å². The maximum atomic E-state index is 11.7. The minimum atomic E-state index is -0.239. The Kier molecular flexibility index (Phi) is 4.30. The van der Waals surface area contributed by atoms with E-state index >= 15 is 0 Å². The predicted octanol–water partition coefficient (Wildman–Crippen LogP) is 1.10. The average molecular weight is 312 g/mol. The minimum absolute atomic E-state index is 0.0878. The van der Waals surface area contributed by atoms with Gasteiger partial charge in [-0.2, -0.15) is 0 Å². The van der Waals surface area contributed by atoms with Gasteiger partial charge in [0.15, 0.2) is 0 Å². The average Bonchev–Trinajstić information content (AvgIpc) is 3.18. The summed E-state index contributed by atoms with van der Waals surface area (Å²) >= 11 is 3.21. The molecule has 1 aromatic heterocycles. The second kappa shape index (κ2) is 5.95. The Bertz CT molecular complexity index is 460. The van der Waals surface area contributed by atoms with E-state index in [2.05, 4.69) is 31.5 Å². The van der Waals surface area contributed by atoms with Gasteiger partial charge in [-0.25, -0.2) is 4.98 Å². The van der Waals surface area contributed by atoms with Crippen LogP contribution in [0, 0.1) is 5.92 Å². The van der Waals surface area contributed by atoms with Gasteiger partial charge in [0.05, 0.1) is 0 Å². The Morgan fingerprint density at radius 2 is 2.00 bits per heavy atom. The van der Waals surface area contributed by atoms with Gasteiger partial charge in [0.1, 0.15) is 10.3 Å². The molecule has 2 amide bonds. The molecule has 1 aliphatic carbocycles. The highest BCUT2D eigenvalue weighted by Crippen LogP contribution is 2.28. The normalized spacial score (nSPS) is 14.1. The molecule has 0 bridgehead atoms. The standard InChI is InChI=1S/C12H14BrN3O2/c13-10-3-1-2-9(16-10)12(18)15-7-6-14-11(17)8-4-5-8/h1-3,8H,4-7H2,(H,14,17)(H,15,18). The molecule has 18 heavy (non-hydrogen) atoms. The second-order valence-electron chi connectivity index (χ2n) is 4.17. The van der Waals surface area contributed by atoms with Crippen LogP contribution >= 0.6 is 15.9 Å². The lowest BCUT2D eigenvalue weighted by Crippen LogP contribution is -2.35. The van der Waals surface area contributed by atoms with E-state index in [1.54, 1.807) is 18.2 Å². The molecule has 1 heterocycles. The molecule has 2 N–H and O–H groups in total. The number of aromatic nitrogens is 1. The summed E-state index contributed by atoms with van der Waals surface area (Å²) in [6.45, 7) is 0.862. The van der Waals surface area contributed by atoms with Gasteiger partial charge in [-0.05, 0) is 40.9 Å². The number of amides is 2. The van der Waals surface area contributed by atoms with Crippen LogP contribution in [0.15, 0.2) is 22.8 Å². The molecule has 0 atom stereocenters. The van der Waals surface area contributed by atoms with Crippen LogP contribution in [-0.4, -0.2) is 29.9 Å². The van der Waals surface area contributed by atoms with Gasteiger partial charge >= 0.3 is 0 Å². The number of hydrogen-bond acceptors (Lipinski definition) is 3. The minimum Gasteiger partial charge on any atom is -0.354 e. The lowest BCUT2D eigenvalue weighted by molar-refractivity contribution is -0.122. The Hall–Kier alpha value is -1.43. The van der Waals surface area contributed by atoms with Gasteiger partial charge in [0, 0.05) is 19.0 Å². The van der Waals surface area contributed by atoms with Crippen LogP contribution in [0.2, 0.25) is 0 Å². The highest BCUT2D eigenvalue weighted by atomic mass is 79.9. The van der Waals surface area contributed by atoms with E-state index in [0.29, 0.717) is 23.4 Å². The summed E-state index contributed by atoms with van der Waals surface area (Å²) in [5.74, 6) is 0.0502. The zero-order valence-electron chi connectivity index (χ0n) is 9.78. The molecule has 96 valence electrons. The molecule has 0 spiro atoms. The molecule has 1 saturated carbocycles. The number of nitrogens with zero attached hydrogens (tertiary/aromatic N) is 1. The Labute approximate surface area is 113 Å². The molecule has 6 heteroatoms.